The molecule has 0 spiro atoms. The number of carbonyl (C=O) groups is 3. The fourth-order valence-electron chi connectivity index (χ4n) is 3.35. The lowest BCUT2D eigenvalue weighted by atomic mass is 10.1. The van der Waals surface area contributed by atoms with Gasteiger partial charge in [0.1, 0.15) is 6.04 Å². The highest BCUT2D eigenvalue weighted by Crippen LogP contribution is 2.19. The molecule has 0 bridgehead atoms. The fraction of sp³-hybridized carbons (Fsp3) is 0.389. The Morgan fingerprint density at radius 1 is 1.35 bits per heavy atom. The summed E-state index contributed by atoms with van der Waals surface area (Å²) >= 11 is 0. The molecule has 0 radical (unpaired) electrons. The Labute approximate surface area is 150 Å². The second-order valence-corrected chi connectivity index (χ2v) is 6.47. The number of rotatable bonds is 6. The maximum atomic E-state index is 12.2. The van der Waals surface area contributed by atoms with Gasteiger partial charge in [0.05, 0.1) is 12.6 Å². The van der Waals surface area contributed by atoms with Gasteiger partial charge in [0.15, 0.2) is 0 Å². The number of likely N-dealkylation sites (tertiary alicyclic amines) is 1. The van der Waals surface area contributed by atoms with Crippen LogP contribution in [0.1, 0.15) is 18.4 Å². The lowest BCUT2D eigenvalue weighted by Gasteiger charge is -2.22. The molecule has 2 atom stereocenters. The molecular formula is C18H22N4O4. The lowest BCUT2D eigenvalue weighted by molar-refractivity contribution is -0.148. The van der Waals surface area contributed by atoms with E-state index in [-0.39, 0.29) is 6.54 Å². The average Bonchev–Trinajstić information content (AvgIpc) is 3.27. The van der Waals surface area contributed by atoms with E-state index in [1.54, 1.807) is 0 Å². The van der Waals surface area contributed by atoms with Crippen molar-refractivity contribution in [3.63, 3.8) is 0 Å². The van der Waals surface area contributed by atoms with Crippen LogP contribution >= 0.6 is 0 Å². The van der Waals surface area contributed by atoms with Crippen molar-refractivity contribution in [3.8, 4) is 0 Å². The number of nitrogens with two attached hydrogens (primary N) is 1. The first-order valence-electron chi connectivity index (χ1n) is 8.58. The Hall–Kier alpha value is -2.87. The number of amides is 2. The topological polar surface area (TPSA) is 129 Å². The third-order valence-electron chi connectivity index (χ3n) is 4.72. The predicted octanol–water partition coefficient (Wildman–Crippen LogP) is 0.230. The number of para-hydroxylation sites is 1. The summed E-state index contributed by atoms with van der Waals surface area (Å²) in [6.45, 7) is 0.150. The summed E-state index contributed by atoms with van der Waals surface area (Å²) in [5.41, 5.74) is 7.87. The number of aromatic nitrogens is 1. The first-order valence-corrected chi connectivity index (χ1v) is 8.58. The monoisotopic (exact) mass is 358 g/mol. The van der Waals surface area contributed by atoms with E-state index in [2.05, 4.69) is 10.3 Å². The number of H-pyrrole nitrogens is 1. The molecule has 1 aromatic heterocycles. The van der Waals surface area contributed by atoms with Crippen molar-refractivity contribution in [2.24, 2.45) is 5.73 Å². The van der Waals surface area contributed by atoms with Gasteiger partial charge in [-0.15, -0.1) is 0 Å². The van der Waals surface area contributed by atoms with Gasteiger partial charge in [0, 0.05) is 23.6 Å². The Bertz CT molecular complexity index is 831. The quantitative estimate of drug-likeness (QED) is 0.587. The summed E-state index contributed by atoms with van der Waals surface area (Å²) in [4.78, 5) is 40.0. The maximum Gasteiger partial charge on any atom is 0.326 e. The number of benzene rings is 1. The normalized spacial score (nSPS) is 18.0. The minimum absolute atomic E-state index is 0.246. The first-order chi connectivity index (χ1) is 12.5. The Morgan fingerprint density at radius 3 is 2.88 bits per heavy atom. The van der Waals surface area contributed by atoms with Gasteiger partial charge in [-0.2, -0.15) is 0 Å². The van der Waals surface area contributed by atoms with Crippen molar-refractivity contribution in [3.05, 3.63) is 36.0 Å². The molecule has 8 heteroatoms. The van der Waals surface area contributed by atoms with Crippen LogP contribution in [-0.2, 0) is 20.8 Å². The van der Waals surface area contributed by atoms with Crippen LogP contribution in [0.5, 0.6) is 0 Å². The molecule has 3 rings (SSSR count). The molecule has 1 aliphatic rings. The fourth-order valence-corrected chi connectivity index (χ4v) is 3.35. The van der Waals surface area contributed by atoms with Crippen molar-refractivity contribution < 1.29 is 19.5 Å². The summed E-state index contributed by atoms with van der Waals surface area (Å²) in [7, 11) is 0. The number of hydrogen-bond donors (Lipinski definition) is 4. The second-order valence-electron chi connectivity index (χ2n) is 6.47. The van der Waals surface area contributed by atoms with Gasteiger partial charge in [-0.1, -0.05) is 18.2 Å². The second kappa shape index (κ2) is 7.57. The van der Waals surface area contributed by atoms with Crippen LogP contribution < -0.4 is 11.1 Å². The SMILES string of the molecule is N[C@@H](Cc1c[nH]c2ccccc12)C(=O)NCC(=O)N1CCC[C@@H]1C(=O)O. The molecule has 1 saturated heterocycles. The Morgan fingerprint density at radius 2 is 2.12 bits per heavy atom. The number of carboxylic acids is 1. The number of aromatic amines is 1. The van der Waals surface area contributed by atoms with E-state index in [0.29, 0.717) is 25.8 Å². The van der Waals surface area contributed by atoms with Crippen LogP contribution in [0.4, 0.5) is 0 Å². The number of carboxylic acid groups (broad SMARTS) is 1. The molecular weight excluding hydrogens is 336 g/mol. The third-order valence-corrected chi connectivity index (χ3v) is 4.72. The van der Waals surface area contributed by atoms with Crippen LogP contribution in [0.2, 0.25) is 0 Å². The number of aliphatic carboxylic acids is 1. The van der Waals surface area contributed by atoms with Gasteiger partial charge >= 0.3 is 5.97 Å². The van der Waals surface area contributed by atoms with Crippen molar-refractivity contribution in [1.29, 1.82) is 0 Å². The summed E-state index contributed by atoms with van der Waals surface area (Å²) in [6, 6.07) is 6.13. The van der Waals surface area contributed by atoms with E-state index < -0.39 is 29.9 Å². The molecule has 0 unspecified atom stereocenters. The number of nitrogens with one attached hydrogen (secondary N) is 2. The van der Waals surface area contributed by atoms with Gasteiger partial charge in [-0.05, 0) is 30.9 Å². The molecule has 2 amide bonds. The van der Waals surface area contributed by atoms with E-state index >= 15 is 0 Å². The average molecular weight is 358 g/mol. The standard InChI is InChI=1S/C18H22N4O4/c19-13(8-11-9-20-14-5-2-1-4-12(11)14)17(24)21-10-16(23)22-7-3-6-15(22)18(25)26/h1-2,4-5,9,13,15,20H,3,6-8,10,19H2,(H,21,24)(H,25,26)/t13-,15+/m0/s1. The molecule has 0 aliphatic carbocycles. The van der Waals surface area contributed by atoms with E-state index in [1.807, 2.05) is 30.5 Å². The van der Waals surface area contributed by atoms with Crippen molar-refractivity contribution in [2.45, 2.75) is 31.3 Å². The molecule has 26 heavy (non-hydrogen) atoms. The molecule has 2 heterocycles. The number of fused-ring (bicyclic) bond motifs is 1. The van der Waals surface area contributed by atoms with Gasteiger partial charge in [-0.25, -0.2) is 4.79 Å². The van der Waals surface area contributed by atoms with E-state index in [0.717, 1.165) is 16.5 Å². The largest absolute Gasteiger partial charge is 0.480 e. The number of hydrogen-bond acceptors (Lipinski definition) is 4. The first kappa shape index (κ1) is 17.9. The molecule has 1 aromatic carbocycles. The number of nitrogens with zero attached hydrogens (tertiary/aromatic N) is 1. The third kappa shape index (κ3) is 3.70. The molecule has 138 valence electrons. The van der Waals surface area contributed by atoms with Crippen LogP contribution in [-0.4, -0.2) is 57.9 Å². The Kier molecular flexibility index (Phi) is 5.22. The van der Waals surface area contributed by atoms with Crippen LogP contribution in [0.25, 0.3) is 10.9 Å². The summed E-state index contributed by atoms with van der Waals surface area (Å²) in [5.74, 6) is -1.85. The molecule has 1 fully saturated rings. The highest BCUT2D eigenvalue weighted by Gasteiger charge is 2.33. The highest BCUT2D eigenvalue weighted by atomic mass is 16.4. The maximum absolute atomic E-state index is 12.2. The molecule has 2 aromatic rings. The van der Waals surface area contributed by atoms with Crippen molar-refractivity contribution in [2.75, 3.05) is 13.1 Å². The smallest absolute Gasteiger partial charge is 0.326 e. The Balaban J connectivity index is 1.54. The van der Waals surface area contributed by atoms with E-state index in [4.69, 9.17) is 10.8 Å². The van der Waals surface area contributed by atoms with Gasteiger partial charge in [0.2, 0.25) is 11.8 Å². The molecule has 0 saturated carbocycles. The zero-order valence-electron chi connectivity index (χ0n) is 14.3. The van der Waals surface area contributed by atoms with Crippen LogP contribution in [0.15, 0.2) is 30.5 Å². The molecule has 8 nitrogen and oxygen atoms in total. The summed E-state index contributed by atoms with van der Waals surface area (Å²) in [6.07, 6.45) is 3.25. The van der Waals surface area contributed by atoms with Crippen LogP contribution in [0.3, 0.4) is 0 Å². The van der Waals surface area contributed by atoms with Crippen molar-refractivity contribution in [1.82, 2.24) is 15.2 Å². The van der Waals surface area contributed by atoms with E-state index in [9.17, 15) is 14.4 Å². The highest BCUT2D eigenvalue weighted by molar-refractivity contribution is 5.90. The van der Waals surface area contributed by atoms with Crippen LogP contribution in [0, 0.1) is 0 Å². The minimum atomic E-state index is -1.02. The van der Waals surface area contributed by atoms with Gasteiger partial charge < -0.3 is 26.0 Å². The van der Waals surface area contributed by atoms with Gasteiger partial charge in [0.25, 0.3) is 0 Å². The number of carbonyl (C=O) groups excluding carboxylic acids is 2. The summed E-state index contributed by atoms with van der Waals surface area (Å²) < 4.78 is 0. The van der Waals surface area contributed by atoms with E-state index in [1.165, 1.54) is 4.90 Å². The lowest BCUT2D eigenvalue weighted by Crippen LogP contribution is -2.49. The molecule has 5 N–H and O–H groups in total. The minimum Gasteiger partial charge on any atom is -0.480 e. The van der Waals surface area contributed by atoms with Crippen molar-refractivity contribution >= 4 is 28.7 Å². The zero-order valence-corrected chi connectivity index (χ0v) is 14.3. The zero-order chi connectivity index (χ0) is 18.7. The predicted molar refractivity (Wildman–Crippen MR) is 95.4 cm³/mol. The molecule has 1 aliphatic heterocycles. The van der Waals surface area contributed by atoms with Gasteiger partial charge in [-0.3, -0.25) is 9.59 Å². The summed E-state index contributed by atoms with van der Waals surface area (Å²) in [5, 5.41) is 12.7.